The van der Waals surface area contributed by atoms with Gasteiger partial charge in [0, 0.05) is 11.3 Å². The lowest BCUT2D eigenvalue weighted by Gasteiger charge is -2.33. The Kier molecular flexibility index (Phi) is 3.97. The maximum absolute atomic E-state index is 12.0. The van der Waals surface area contributed by atoms with Gasteiger partial charge in [-0.2, -0.15) is 21.6 Å². The molecule has 0 spiro atoms. The molecule has 2 aliphatic heterocycles. The minimum absolute atomic E-state index is 0.121. The van der Waals surface area contributed by atoms with Crippen molar-refractivity contribution in [2.24, 2.45) is 0 Å². The molecular formula is C9H8F3NO6S2. The van der Waals surface area contributed by atoms with Crippen molar-refractivity contribution in [1.29, 1.82) is 0 Å². The topological polar surface area (TPSA) is 101 Å². The Labute approximate surface area is 120 Å². The van der Waals surface area contributed by atoms with Crippen molar-refractivity contribution >= 4 is 33.8 Å². The minimum Gasteiger partial charge on any atom is -0.477 e. The van der Waals surface area contributed by atoms with Crippen LogP contribution in [0.3, 0.4) is 0 Å². The Morgan fingerprint density at radius 3 is 2.57 bits per heavy atom. The van der Waals surface area contributed by atoms with Gasteiger partial charge >= 0.3 is 21.6 Å². The summed E-state index contributed by atoms with van der Waals surface area (Å²) in [6, 6.07) is 0. The quantitative estimate of drug-likeness (QED) is 0.447. The zero-order valence-corrected chi connectivity index (χ0v) is 11.7. The highest BCUT2D eigenvalue weighted by Gasteiger charge is 2.49. The molecular weight excluding hydrogens is 339 g/mol. The molecule has 118 valence electrons. The summed E-state index contributed by atoms with van der Waals surface area (Å²) in [5.41, 5.74) is -5.85. The molecule has 2 aliphatic rings. The van der Waals surface area contributed by atoms with Gasteiger partial charge in [-0.05, 0) is 0 Å². The van der Waals surface area contributed by atoms with Crippen LogP contribution in [0, 0.1) is 0 Å². The lowest BCUT2D eigenvalue weighted by molar-refractivity contribution is -0.145. The van der Waals surface area contributed by atoms with Gasteiger partial charge in [0.15, 0.2) is 0 Å². The molecule has 21 heavy (non-hydrogen) atoms. The highest BCUT2D eigenvalue weighted by atomic mass is 32.2. The number of nitrogens with zero attached hydrogens (tertiary/aromatic N) is 1. The van der Waals surface area contributed by atoms with Crippen LogP contribution in [0.5, 0.6) is 0 Å². The first-order valence-corrected chi connectivity index (χ1v) is 7.74. The summed E-state index contributed by atoms with van der Waals surface area (Å²) < 4.78 is 61.3. The van der Waals surface area contributed by atoms with E-state index in [1.165, 1.54) is 0 Å². The molecule has 2 heterocycles. The van der Waals surface area contributed by atoms with Gasteiger partial charge in [0.05, 0.1) is 18.4 Å². The summed E-state index contributed by atoms with van der Waals surface area (Å²) in [7, 11) is -5.71. The predicted molar refractivity (Wildman–Crippen MR) is 63.0 cm³/mol. The van der Waals surface area contributed by atoms with Crippen LogP contribution in [-0.4, -0.2) is 47.8 Å². The Hall–Kier alpha value is -1.27. The largest absolute Gasteiger partial charge is 0.523 e. The Balaban J connectivity index is 2.04. The summed E-state index contributed by atoms with van der Waals surface area (Å²) in [6.45, 7) is -0.851. The van der Waals surface area contributed by atoms with Crippen LogP contribution in [0.4, 0.5) is 13.2 Å². The number of thioether (sulfide) groups is 1. The second kappa shape index (κ2) is 5.18. The van der Waals surface area contributed by atoms with Gasteiger partial charge in [0.2, 0.25) is 5.91 Å². The third-order valence-corrected chi connectivity index (χ3v) is 5.12. The first-order valence-electron chi connectivity index (χ1n) is 5.45. The maximum Gasteiger partial charge on any atom is 0.523 e. The molecule has 0 aromatic carbocycles. The van der Waals surface area contributed by atoms with E-state index in [0.29, 0.717) is 0 Å². The van der Waals surface area contributed by atoms with Crippen LogP contribution >= 0.6 is 11.8 Å². The van der Waals surface area contributed by atoms with Gasteiger partial charge < -0.3 is 5.11 Å². The monoisotopic (exact) mass is 347 g/mol. The van der Waals surface area contributed by atoms with Crippen LogP contribution in [0.2, 0.25) is 0 Å². The van der Waals surface area contributed by atoms with E-state index in [1.54, 1.807) is 0 Å². The Morgan fingerprint density at radius 1 is 1.48 bits per heavy atom. The van der Waals surface area contributed by atoms with E-state index in [0.717, 1.165) is 16.7 Å². The van der Waals surface area contributed by atoms with Gasteiger partial charge in [-0.1, -0.05) is 0 Å². The van der Waals surface area contributed by atoms with Gasteiger partial charge in [-0.3, -0.25) is 13.9 Å². The Bertz CT molecular complexity index is 626. The van der Waals surface area contributed by atoms with E-state index in [1.807, 2.05) is 0 Å². The van der Waals surface area contributed by atoms with Crippen molar-refractivity contribution in [2.45, 2.75) is 23.7 Å². The third kappa shape index (κ3) is 2.87. The van der Waals surface area contributed by atoms with E-state index in [4.69, 9.17) is 5.11 Å². The number of β-lactam (4-membered cyclic amide) rings is 1. The summed E-state index contributed by atoms with van der Waals surface area (Å²) in [5, 5.41) is 8.62. The van der Waals surface area contributed by atoms with Gasteiger partial charge in [-0.25, -0.2) is 4.79 Å². The molecule has 0 aromatic heterocycles. The van der Waals surface area contributed by atoms with Crippen molar-refractivity contribution in [3.8, 4) is 0 Å². The highest BCUT2D eigenvalue weighted by Crippen LogP contribution is 2.47. The van der Waals surface area contributed by atoms with Crippen LogP contribution in [-0.2, 0) is 23.9 Å². The number of carbonyl (C=O) groups is 2. The number of hydrogen-bond acceptors (Lipinski definition) is 6. The second-order valence-electron chi connectivity index (χ2n) is 4.09. The molecule has 1 fully saturated rings. The zero-order valence-electron chi connectivity index (χ0n) is 10.1. The average Bonchev–Trinajstić information content (AvgIpc) is 2.60. The summed E-state index contributed by atoms with van der Waals surface area (Å²) >= 11 is 1.01. The van der Waals surface area contributed by atoms with Crippen molar-refractivity contribution in [3.63, 3.8) is 0 Å². The number of alkyl halides is 3. The second-order valence-corrected chi connectivity index (χ2v) is 6.97. The van der Waals surface area contributed by atoms with E-state index >= 15 is 0 Å². The number of carbonyl (C=O) groups excluding carboxylic acids is 1. The maximum atomic E-state index is 12.0. The molecule has 1 atom stereocenters. The molecule has 1 N–H and O–H groups in total. The van der Waals surface area contributed by atoms with Crippen LogP contribution in [0.1, 0.15) is 12.8 Å². The van der Waals surface area contributed by atoms with Crippen LogP contribution in [0.25, 0.3) is 0 Å². The first-order chi connectivity index (χ1) is 9.54. The number of amides is 1. The molecule has 1 saturated heterocycles. The van der Waals surface area contributed by atoms with Gasteiger partial charge in [0.1, 0.15) is 5.70 Å². The zero-order chi connectivity index (χ0) is 16.0. The first kappa shape index (κ1) is 16.1. The molecule has 7 nitrogen and oxygen atoms in total. The fourth-order valence-electron chi connectivity index (χ4n) is 1.82. The number of halogens is 3. The number of fused-ring (bicyclic) bond motifs is 1. The molecule has 1 unspecified atom stereocenters. The smallest absolute Gasteiger partial charge is 0.477 e. The predicted octanol–water partition coefficient (Wildman–Crippen LogP) is 0.844. The molecule has 0 aliphatic carbocycles. The van der Waals surface area contributed by atoms with Crippen molar-refractivity contribution in [3.05, 3.63) is 10.6 Å². The standard InChI is InChI=1S/C9H8F3NO6S2/c10-9(11,12)21(17,18)19-2-1-4-7(8(15)16)13-5(14)3-6(13)20-4/h6H,1-3H2,(H,15,16). The average molecular weight is 347 g/mol. The minimum atomic E-state index is -5.71. The number of hydrogen-bond donors (Lipinski definition) is 1. The Morgan fingerprint density at radius 2 is 2.10 bits per heavy atom. The number of carboxylic acids is 1. The lowest BCUT2D eigenvalue weighted by atomic mass is 10.1. The van der Waals surface area contributed by atoms with Crippen molar-refractivity contribution in [2.75, 3.05) is 6.61 Å². The highest BCUT2D eigenvalue weighted by molar-refractivity contribution is 8.04. The lowest BCUT2D eigenvalue weighted by Crippen LogP contribution is -2.48. The van der Waals surface area contributed by atoms with E-state index in [2.05, 4.69) is 4.18 Å². The summed E-state index contributed by atoms with van der Waals surface area (Å²) in [4.78, 5) is 23.5. The summed E-state index contributed by atoms with van der Waals surface area (Å²) in [5.74, 6) is -1.80. The molecule has 12 heteroatoms. The van der Waals surface area contributed by atoms with Crippen molar-refractivity contribution < 1.29 is 40.5 Å². The van der Waals surface area contributed by atoms with Crippen LogP contribution < -0.4 is 0 Å². The SMILES string of the molecule is O=C(O)C1=C(CCOS(=O)(=O)C(F)(F)F)SC2CC(=O)N12. The van der Waals surface area contributed by atoms with E-state index in [9.17, 15) is 31.2 Å². The normalized spacial score (nSPS) is 22.3. The molecule has 0 aromatic rings. The molecule has 0 saturated carbocycles. The van der Waals surface area contributed by atoms with E-state index < -0.39 is 39.5 Å². The summed E-state index contributed by atoms with van der Waals surface area (Å²) in [6.07, 6.45) is -0.214. The van der Waals surface area contributed by atoms with Gasteiger partial charge in [0.25, 0.3) is 0 Å². The van der Waals surface area contributed by atoms with E-state index in [-0.39, 0.29) is 23.4 Å². The molecule has 1 amide bonds. The molecule has 2 rings (SSSR count). The third-order valence-electron chi connectivity index (χ3n) is 2.74. The van der Waals surface area contributed by atoms with Gasteiger partial charge in [-0.15, -0.1) is 11.8 Å². The number of carboxylic acid groups (broad SMARTS) is 1. The number of rotatable bonds is 5. The van der Waals surface area contributed by atoms with Crippen molar-refractivity contribution in [1.82, 2.24) is 4.90 Å². The fraction of sp³-hybridized carbons (Fsp3) is 0.556. The molecule has 0 bridgehead atoms. The molecule has 0 radical (unpaired) electrons. The van der Waals surface area contributed by atoms with Crippen LogP contribution in [0.15, 0.2) is 10.6 Å². The number of aliphatic carboxylic acids is 1. The fourth-order valence-corrected chi connectivity index (χ4v) is 3.63.